The highest BCUT2D eigenvalue weighted by molar-refractivity contribution is 6.18. The van der Waals surface area contributed by atoms with E-state index in [9.17, 15) is 5.11 Å². The molecule has 0 amide bonds. The van der Waals surface area contributed by atoms with Gasteiger partial charge in [-0.25, -0.2) is 4.98 Å². The molecular formula is C16H16ClN3O. The average molecular weight is 302 g/mol. The number of fused-ring (bicyclic) bond motifs is 1. The van der Waals surface area contributed by atoms with Crippen LogP contribution in [0.5, 0.6) is 0 Å². The van der Waals surface area contributed by atoms with Crippen LogP contribution in [0.25, 0.3) is 16.9 Å². The van der Waals surface area contributed by atoms with E-state index in [4.69, 9.17) is 11.6 Å². The zero-order valence-corrected chi connectivity index (χ0v) is 12.2. The number of halogens is 1. The summed E-state index contributed by atoms with van der Waals surface area (Å²) in [4.78, 5) is 4.60. The van der Waals surface area contributed by atoms with E-state index in [2.05, 4.69) is 10.3 Å². The Morgan fingerprint density at radius 2 is 2.14 bits per heavy atom. The van der Waals surface area contributed by atoms with Gasteiger partial charge in [0.15, 0.2) is 0 Å². The van der Waals surface area contributed by atoms with E-state index >= 15 is 0 Å². The first-order chi connectivity index (χ1) is 10.3. The molecule has 0 aliphatic carbocycles. The van der Waals surface area contributed by atoms with Crippen LogP contribution >= 0.6 is 11.6 Å². The summed E-state index contributed by atoms with van der Waals surface area (Å²) in [7, 11) is 0. The number of benzene rings is 1. The molecule has 0 fully saturated rings. The fraction of sp³-hybridized carbons (Fsp3) is 0.188. The molecule has 2 aromatic heterocycles. The number of aromatic nitrogens is 2. The molecule has 0 saturated carbocycles. The molecule has 2 heterocycles. The largest absolute Gasteiger partial charge is 0.390 e. The smallest absolute Gasteiger partial charge is 0.137 e. The zero-order valence-electron chi connectivity index (χ0n) is 11.4. The van der Waals surface area contributed by atoms with Crippen LogP contribution in [-0.4, -0.2) is 33.0 Å². The molecule has 1 aromatic carbocycles. The van der Waals surface area contributed by atoms with Gasteiger partial charge in [-0.15, -0.1) is 11.6 Å². The minimum atomic E-state index is -0.550. The van der Waals surface area contributed by atoms with Crippen LogP contribution in [0.2, 0.25) is 0 Å². The molecule has 2 N–H and O–H groups in total. The maximum atomic E-state index is 9.49. The predicted molar refractivity (Wildman–Crippen MR) is 85.8 cm³/mol. The summed E-state index contributed by atoms with van der Waals surface area (Å²) in [5.41, 5.74) is 3.81. The Morgan fingerprint density at radius 1 is 1.24 bits per heavy atom. The quantitative estimate of drug-likeness (QED) is 0.712. The molecule has 108 valence electrons. The summed E-state index contributed by atoms with van der Waals surface area (Å²) in [5.74, 6) is 0.221. The lowest BCUT2D eigenvalue weighted by atomic mass is 10.1. The highest BCUT2D eigenvalue weighted by Crippen LogP contribution is 2.22. The van der Waals surface area contributed by atoms with Crippen LogP contribution in [0.4, 0.5) is 5.69 Å². The summed E-state index contributed by atoms with van der Waals surface area (Å²) in [6, 6.07) is 13.9. The number of hydrogen-bond acceptors (Lipinski definition) is 3. The van der Waals surface area contributed by atoms with Crippen molar-refractivity contribution in [2.75, 3.05) is 17.7 Å². The van der Waals surface area contributed by atoms with Crippen molar-refractivity contribution in [2.45, 2.75) is 6.10 Å². The number of rotatable bonds is 5. The van der Waals surface area contributed by atoms with Gasteiger partial charge >= 0.3 is 0 Å². The monoisotopic (exact) mass is 301 g/mol. The molecule has 21 heavy (non-hydrogen) atoms. The molecule has 5 heteroatoms. The third kappa shape index (κ3) is 3.17. The molecule has 0 aliphatic heterocycles. The topological polar surface area (TPSA) is 49.6 Å². The van der Waals surface area contributed by atoms with E-state index in [1.807, 2.05) is 59.3 Å². The molecule has 4 nitrogen and oxygen atoms in total. The highest BCUT2D eigenvalue weighted by atomic mass is 35.5. The van der Waals surface area contributed by atoms with Gasteiger partial charge in [0.1, 0.15) is 5.65 Å². The van der Waals surface area contributed by atoms with Gasteiger partial charge in [-0.05, 0) is 24.3 Å². The Bertz CT molecular complexity index is 708. The number of imidazole rings is 1. The van der Waals surface area contributed by atoms with Gasteiger partial charge in [-0.2, -0.15) is 0 Å². The fourth-order valence-electron chi connectivity index (χ4n) is 2.15. The lowest BCUT2D eigenvalue weighted by Gasteiger charge is -2.10. The molecule has 0 spiro atoms. The van der Waals surface area contributed by atoms with Crippen LogP contribution in [0.3, 0.4) is 0 Å². The van der Waals surface area contributed by atoms with Crippen molar-refractivity contribution in [1.29, 1.82) is 0 Å². The normalized spacial score (nSPS) is 12.5. The second kappa shape index (κ2) is 6.16. The minimum absolute atomic E-state index is 0.221. The Kier molecular flexibility index (Phi) is 4.08. The molecular weight excluding hydrogens is 286 g/mol. The van der Waals surface area contributed by atoms with Crippen molar-refractivity contribution in [1.82, 2.24) is 9.38 Å². The standard InChI is InChI=1S/C16H16ClN3O/c17-9-14(21)10-18-13-5-3-4-12(8-13)15-11-20-7-2-1-6-16(20)19-15/h1-8,11,14,18,21H,9-10H2. The van der Waals surface area contributed by atoms with Crippen LogP contribution in [0.15, 0.2) is 54.9 Å². The number of aliphatic hydroxyl groups excluding tert-OH is 1. The number of anilines is 1. The molecule has 3 aromatic rings. The molecule has 0 bridgehead atoms. The summed E-state index contributed by atoms with van der Waals surface area (Å²) in [5, 5.41) is 12.7. The summed E-state index contributed by atoms with van der Waals surface area (Å²) < 4.78 is 1.99. The number of pyridine rings is 1. The van der Waals surface area contributed by atoms with E-state index in [0.717, 1.165) is 22.6 Å². The van der Waals surface area contributed by atoms with Crippen LogP contribution in [-0.2, 0) is 0 Å². The van der Waals surface area contributed by atoms with E-state index in [1.165, 1.54) is 0 Å². The number of nitrogens with zero attached hydrogens (tertiary/aromatic N) is 2. The van der Waals surface area contributed by atoms with Crippen LogP contribution in [0, 0.1) is 0 Å². The van der Waals surface area contributed by atoms with Crippen molar-refractivity contribution in [3.8, 4) is 11.3 Å². The molecule has 0 radical (unpaired) electrons. The van der Waals surface area contributed by atoms with Crippen molar-refractivity contribution < 1.29 is 5.11 Å². The number of alkyl halides is 1. The summed E-state index contributed by atoms with van der Waals surface area (Å²) in [6.07, 6.45) is 3.43. The molecule has 3 rings (SSSR count). The maximum Gasteiger partial charge on any atom is 0.137 e. The Morgan fingerprint density at radius 3 is 2.95 bits per heavy atom. The van der Waals surface area contributed by atoms with Gasteiger partial charge in [0.05, 0.1) is 17.7 Å². The molecule has 0 saturated heterocycles. The second-order valence-electron chi connectivity index (χ2n) is 4.86. The zero-order chi connectivity index (χ0) is 14.7. The molecule has 0 aliphatic rings. The SMILES string of the molecule is OC(CCl)CNc1cccc(-c2cn3ccccc3n2)c1. The minimum Gasteiger partial charge on any atom is -0.390 e. The Balaban J connectivity index is 1.85. The third-order valence-electron chi connectivity index (χ3n) is 3.24. The lowest BCUT2D eigenvalue weighted by Crippen LogP contribution is -2.20. The molecule has 1 atom stereocenters. The van der Waals surface area contributed by atoms with Crippen molar-refractivity contribution in [3.63, 3.8) is 0 Å². The van der Waals surface area contributed by atoms with E-state index in [1.54, 1.807) is 0 Å². The van der Waals surface area contributed by atoms with Crippen LogP contribution < -0.4 is 5.32 Å². The first-order valence-electron chi connectivity index (χ1n) is 6.78. The Labute approximate surface area is 128 Å². The fourth-order valence-corrected chi connectivity index (χ4v) is 2.26. The predicted octanol–water partition coefficient (Wildman–Crippen LogP) is 3.01. The van der Waals surface area contributed by atoms with Crippen LogP contribution in [0.1, 0.15) is 0 Å². The summed E-state index contributed by atoms with van der Waals surface area (Å²) >= 11 is 5.59. The first-order valence-corrected chi connectivity index (χ1v) is 7.32. The third-order valence-corrected chi connectivity index (χ3v) is 3.60. The number of hydrogen-bond donors (Lipinski definition) is 2. The van der Waals surface area contributed by atoms with Gasteiger partial charge < -0.3 is 14.8 Å². The van der Waals surface area contributed by atoms with Gasteiger partial charge in [-0.1, -0.05) is 18.2 Å². The van der Waals surface area contributed by atoms with E-state index < -0.39 is 6.10 Å². The van der Waals surface area contributed by atoms with Crippen molar-refractivity contribution in [2.24, 2.45) is 0 Å². The summed E-state index contributed by atoms with van der Waals surface area (Å²) in [6.45, 7) is 0.429. The van der Waals surface area contributed by atoms with Gasteiger partial charge in [0.25, 0.3) is 0 Å². The Hall–Kier alpha value is -2.04. The van der Waals surface area contributed by atoms with Gasteiger partial charge in [-0.3, -0.25) is 0 Å². The van der Waals surface area contributed by atoms with Gasteiger partial charge in [0, 0.05) is 30.2 Å². The lowest BCUT2D eigenvalue weighted by molar-refractivity contribution is 0.211. The van der Waals surface area contributed by atoms with Crippen molar-refractivity contribution in [3.05, 3.63) is 54.9 Å². The first kappa shape index (κ1) is 13.9. The molecule has 1 unspecified atom stereocenters. The number of nitrogens with one attached hydrogen (secondary N) is 1. The number of aliphatic hydroxyl groups is 1. The maximum absolute atomic E-state index is 9.49. The average Bonchev–Trinajstić information content (AvgIpc) is 2.97. The van der Waals surface area contributed by atoms with E-state index in [0.29, 0.717) is 6.54 Å². The van der Waals surface area contributed by atoms with Gasteiger partial charge in [0.2, 0.25) is 0 Å². The second-order valence-corrected chi connectivity index (χ2v) is 5.17. The van der Waals surface area contributed by atoms with Crippen molar-refractivity contribution >= 4 is 22.9 Å². The van der Waals surface area contributed by atoms with E-state index in [-0.39, 0.29) is 5.88 Å². The highest BCUT2D eigenvalue weighted by Gasteiger charge is 2.06.